The summed E-state index contributed by atoms with van der Waals surface area (Å²) in [6, 6.07) is 2.07. The van der Waals surface area contributed by atoms with Crippen LogP contribution in [0.25, 0.3) is 0 Å². The summed E-state index contributed by atoms with van der Waals surface area (Å²) in [7, 11) is 0. The van der Waals surface area contributed by atoms with Gasteiger partial charge in [0.25, 0.3) is 0 Å². The van der Waals surface area contributed by atoms with Gasteiger partial charge in [-0.15, -0.1) is 0 Å². The van der Waals surface area contributed by atoms with Crippen LogP contribution in [0.1, 0.15) is 37.2 Å². The maximum Gasteiger partial charge on any atom is 0.407 e. The lowest BCUT2D eigenvalue weighted by molar-refractivity contribution is -0.134. The zero-order valence-electron chi connectivity index (χ0n) is 19.1. The molecule has 5 rings (SSSR count). The van der Waals surface area contributed by atoms with Crippen LogP contribution in [-0.4, -0.2) is 85.2 Å². The number of ether oxygens (including phenoxy) is 1. The number of amides is 5. The van der Waals surface area contributed by atoms with Crippen molar-refractivity contribution >= 4 is 29.6 Å². The van der Waals surface area contributed by atoms with E-state index in [1.54, 1.807) is 9.80 Å². The average Bonchev–Trinajstić information content (AvgIpc) is 3.28. The van der Waals surface area contributed by atoms with Gasteiger partial charge in [-0.25, -0.2) is 18.4 Å². The number of likely N-dealkylation sites (tertiary alicyclic amines) is 2. The van der Waals surface area contributed by atoms with Crippen molar-refractivity contribution in [2.75, 3.05) is 44.2 Å². The molecule has 0 radical (unpaired) electrons. The standard InChI is InChI=1S/C23H27F2N5O5/c24-17-7-14(8-18(25)20(17)16-3-4-19(31)27-21(16)32)29-9-13(10-29)26-22(33)35-15-11-30(12-15)23(34)28-5-1-2-6-28/h7-8,13,15-16H,1-6,9-12H2,(H,26,33)(H,27,31,32). The van der Waals surface area contributed by atoms with Gasteiger partial charge in [-0.05, 0) is 31.4 Å². The summed E-state index contributed by atoms with van der Waals surface area (Å²) in [5.41, 5.74) is -0.0344. The lowest BCUT2D eigenvalue weighted by Gasteiger charge is -2.43. The highest BCUT2D eigenvalue weighted by Crippen LogP contribution is 2.33. The highest BCUT2D eigenvalue weighted by atomic mass is 19.1. The summed E-state index contributed by atoms with van der Waals surface area (Å²) in [6.45, 7) is 2.97. The Morgan fingerprint density at radius 1 is 1.00 bits per heavy atom. The van der Waals surface area contributed by atoms with E-state index in [4.69, 9.17) is 4.74 Å². The maximum absolute atomic E-state index is 14.7. The summed E-state index contributed by atoms with van der Waals surface area (Å²) in [5, 5.41) is 4.84. The van der Waals surface area contributed by atoms with Crippen LogP contribution in [0.2, 0.25) is 0 Å². The van der Waals surface area contributed by atoms with Gasteiger partial charge in [-0.2, -0.15) is 0 Å². The quantitative estimate of drug-likeness (QED) is 0.615. The molecule has 12 heteroatoms. The molecule has 1 aromatic carbocycles. The lowest BCUT2D eigenvalue weighted by Crippen LogP contribution is -2.62. The molecule has 35 heavy (non-hydrogen) atoms. The number of carbonyl (C=O) groups is 4. The number of nitrogens with zero attached hydrogens (tertiary/aromatic N) is 3. The Morgan fingerprint density at radius 3 is 2.29 bits per heavy atom. The topological polar surface area (TPSA) is 111 Å². The zero-order valence-corrected chi connectivity index (χ0v) is 19.1. The highest BCUT2D eigenvalue weighted by Gasteiger charge is 2.38. The normalized spacial score (nSPS) is 23.0. The Bertz CT molecular complexity index is 1030. The third-order valence-corrected chi connectivity index (χ3v) is 6.99. The minimum atomic E-state index is -1.05. The lowest BCUT2D eigenvalue weighted by atomic mass is 9.89. The number of hydrogen-bond acceptors (Lipinski definition) is 6. The smallest absolute Gasteiger partial charge is 0.407 e. The molecule has 0 spiro atoms. The number of nitrogens with one attached hydrogen (secondary N) is 2. The van der Waals surface area contributed by atoms with Crippen LogP contribution in [-0.2, 0) is 14.3 Å². The molecule has 2 N–H and O–H groups in total. The molecule has 4 aliphatic heterocycles. The van der Waals surface area contributed by atoms with E-state index in [9.17, 15) is 28.0 Å². The van der Waals surface area contributed by atoms with Crippen molar-refractivity contribution in [1.29, 1.82) is 0 Å². The van der Waals surface area contributed by atoms with Gasteiger partial charge >= 0.3 is 12.1 Å². The van der Waals surface area contributed by atoms with Crippen LogP contribution in [0.5, 0.6) is 0 Å². The van der Waals surface area contributed by atoms with E-state index in [0.717, 1.165) is 38.1 Å². The molecule has 4 saturated heterocycles. The molecular formula is C23H27F2N5O5. The molecule has 188 valence electrons. The molecule has 0 aliphatic carbocycles. The first kappa shape index (κ1) is 23.3. The van der Waals surface area contributed by atoms with Gasteiger partial charge in [0.15, 0.2) is 0 Å². The van der Waals surface area contributed by atoms with Gasteiger partial charge in [-0.3, -0.25) is 14.9 Å². The number of rotatable bonds is 4. The van der Waals surface area contributed by atoms with E-state index in [-0.39, 0.29) is 36.6 Å². The predicted molar refractivity (Wildman–Crippen MR) is 119 cm³/mol. The molecule has 0 saturated carbocycles. The number of urea groups is 1. The van der Waals surface area contributed by atoms with Gasteiger partial charge in [0, 0.05) is 43.9 Å². The number of anilines is 1. The molecule has 0 aromatic heterocycles. The van der Waals surface area contributed by atoms with E-state index in [1.807, 2.05) is 4.90 Å². The van der Waals surface area contributed by atoms with Crippen LogP contribution in [0, 0.1) is 11.6 Å². The number of hydrogen-bond donors (Lipinski definition) is 2. The van der Waals surface area contributed by atoms with Gasteiger partial charge in [0.2, 0.25) is 11.8 Å². The van der Waals surface area contributed by atoms with Gasteiger partial charge < -0.3 is 24.8 Å². The second-order valence-corrected chi connectivity index (χ2v) is 9.48. The molecule has 0 bridgehead atoms. The minimum Gasteiger partial charge on any atom is -0.442 e. The van der Waals surface area contributed by atoms with Crippen LogP contribution in [0.4, 0.5) is 24.1 Å². The van der Waals surface area contributed by atoms with Crippen LogP contribution in [0.15, 0.2) is 12.1 Å². The van der Waals surface area contributed by atoms with E-state index in [1.165, 1.54) is 0 Å². The van der Waals surface area contributed by atoms with E-state index >= 15 is 0 Å². The van der Waals surface area contributed by atoms with Gasteiger partial charge in [0.05, 0.1) is 25.0 Å². The predicted octanol–water partition coefficient (Wildman–Crippen LogP) is 1.30. The summed E-state index contributed by atoms with van der Waals surface area (Å²) >= 11 is 0. The van der Waals surface area contributed by atoms with Gasteiger partial charge in [-0.1, -0.05) is 0 Å². The molecule has 1 unspecified atom stereocenters. The average molecular weight is 491 g/mol. The van der Waals surface area contributed by atoms with E-state index in [0.29, 0.717) is 31.9 Å². The van der Waals surface area contributed by atoms with Gasteiger partial charge in [0.1, 0.15) is 17.7 Å². The number of alkyl carbamates (subject to hydrolysis) is 1. The third kappa shape index (κ3) is 4.73. The number of imide groups is 1. The molecule has 4 fully saturated rings. The number of carbonyl (C=O) groups excluding carboxylic acids is 4. The first-order chi connectivity index (χ1) is 16.8. The van der Waals surface area contributed by atoms with E-state index in [2.05, 4.69) is 10.6 Å². The van der Waals surface area contributed by atoms with Crippen molar-refractivity contribution in [3.63, 3.8) is 0 Å². The number of piperidine rings is 1. The summed E-state index contributed by atoms with van der Waals surface area (Å²) < 4.78 is 34.8. The van der Waals surface area contributed by atoms with Crippen molar-refractivity contribution in [3.8, 4) is 0 Å². The number of benzene rings is 1. The fourth-order valence-electron chi connectivity index (χ4n) is 4.97. The maximum atomic E-state index is 14.7. The Balaban J connectivity index is 1.08. The number of halogens is 2. The Hall–Kier alpha value is -3.44. The van der Waals surface area contributed by atoms with Crippen LogP contribution < -0.4 is 15.5 Å². The second kappa shape index (κ2) is 9.31. The Labute approximate surface area is 200 Å². The van der Waals surface area contributed by atoms with Crippen molar-refractivity contribution < 1.29 is 32.7 Å². The third-order valence-electron chi connectivity index (χ3n) is 6.99. The van der Waals surface area contributed by atoms with Crippen LogP contribution in [0.3, 0.4) is 0 Å². The molecule has 1 atom stereocenters. The molecular weight excluding hydrogens is 464 g/mol. The minimum absolute atomic E-state index is 0.0134. The molecule has 5 amide bonds. The second-order valence-electron chi connectivity index (χ2n) is 9.48. The summed E-state index contributed by atoms with van der Waals surface area (Å²) in [5.74, 6) is -3.89. The largest absolute Gasteiger partial charge is 0.442 e. The molecule has 4 heterocycles. The molecule has 4 aliphatic rings. The highest BCUT2D eigenvalue weighted by molar-refractivity contribution is 6.01. The fourth-order valence-corrected chi connectivity index (χ4v) is 4.97. The SMILES string of the molecule is O=C1CCC(c2c(F)cc(N3CC(NC(=O)OC4CN(C(=O)N5CCCC5)C4)C3)cc2F)C(=O)N1. The van der Waals surface area contributed by atoms with Crippen molar-refractivity contribution in [2.24, 2.45) is 0 Å². The Kier molecular flexibility index (Phi) is 6.20. The first-order valence-corrected chi connectivity index (χ1v) is 11.9. The fraction of sp³-hybridized carbons (Fsp3) is 0.565. The molecule has 10 nitrogen and oxygen atoms in total. The monoisotopic (exact) mass is 491 g/mol. The first-order valence-electron chi connectivity index (χ1n) is 11.9. The van der Waals surface area contributed by atoms with Crippen LogP contribution >= 0.6 is 0 Å². The van der Waals surface area contributed by atoms with Crippen molar-refractivity contribution in [1.82, 2.24) is 20.4 Å². The van der Waals surface area contributed by atoms with Crippen molar-refractivity contribution in [3.05, 3.63) is 29.3 Å². The summed E-state index contributed by atoms with van der Waals surface area (Å²) in [4.78, 5) is 52.9. The van der Waals surface area contributed by atoms with E-state index < -0.39 is 35.5 Å². The molecule has 1 aromatic rings. The Morgan fingerprint density at radius 2 is 1.66 bits per heavy atom. The summed E-state index contributed by atoms with van der Waals surface area (Å²) in [6.07, 6.45) is 1.19. The zero-order chi connectivity index (χ0) is 24.7. The van der Waals surface area contributed by atoms with Crippen molar-refractivity contribution in [2.45, 2.75) is 43.7 Å².